The number of nitrogens with zero attached hydrogens (tertiary/aromatic N) is 1. The summed E-state index contributed by atoms with van der Waals surface area (Å²) in [5, 5.41) is 3.41. The molecular weight excluding hydrogens is 227 g/mol. The molecule has 1 aliphatic rings. The molecule has 0 bridgehead atoms. The third-order valence-corrected chi connectivity index (χ3v) is 4.25. The van der Waals surface area contributed by atoms with Crippen molar-refractivity contribution >= 4 is 5.69 Å². The normalized spacial score (nSPS) is 18.6. The highest BCUT2D eigenvalue weighted by molar-refractivity contribution is 5.47. The van der Waals surface area contributed by atoms with Crippen molar-refractivity contribution in [3.05, 3.63) is 30.1 Å². The molecule has 1 N–H and O–H groups in total. The minimum absolute atomic E-state index is 0.125. The molecular formula is C15H23FN2. The second-order valence-electron chi connectivity index (χ2n) is 5.41. The van der Waals surface area contributed by atoms with Crippen molar-refractivity contribution in [3.8, 4) is 0 Å². The van der Waals surface area contributed by atoms with Crippen LogP contribution in [0.1, 0.15) is 26.2 Å². The Morgan fingerprint density at radius 3 is 2.56 bits per heavy atom. The molecule has 2 rings (SSSR count). The maximum Gasteiger partial charge on any atom is 0.146 e. The molecule has 0 amide bonds. The van der Waals surface area contributed by atoms with Crippen molar-refractivity contribution in [2.45, 2.75) is 26.2 Å². The van der Waals surface area contributed by atoms with E-state index in [4.69, 9.17) is 0 Å². The van der Waals surface area contributed by atoms with Crippen LogP contribution in [0.3, 0.4) is 0 Å². The Bertz CT molecular complexity index is 386. The molecule has 0 aromatic heterocycles. The van der Waals surface area contributed by atoms with E-state index >= 15 is 0 Å². The second-order valence-corrected chi connectivity index (χ2v) is 5.41. The van der Waals surface area contributed by atoms with Crippen LogP contribution in [0.4, 0.5) is 10.1 Å². The zero-order valence-electron chi connectivity index (χ0n) is 11.4. The Hall–Kier alpha value is -1.09. The number of hydrogen-bond acceptors (Lipinski definition) is 2. The molecule has 1 aromatic carbocycles. The molecule has 0 aliphatic carbocycles. The fraction of sp³-hybridized carbons (Fsp3) is 0.600. The van der Waals surface area contributed by atoms with Crippen molar-refractivity contribution in [2.75, 3.05) is 31.6 Å². The van der Waals surface area contributed by atoms with Crippen LogP contribution in [-0.4, -0.2) is 26.7 Å². The fourth-order valence-corrected chi connectivity index (χ4v) is 2.93. The molecule has 1 fully saturated rings. The summed E-state index contributed by atoms with van der Waals surface area (Å²) in [6.45, 7) is 5.35. The van der Waals surface area contributed by atoms with Crippen LogP contribution in [0, 0.1) is 11.2 Å². The van der Waals surface area contributed by atoms with E-state index < -0.39 is 0 Å². The van der Waals surface area contributed by atoms with Crippen molar-refractivity contribution in [1.29, 1.82) is 0 Å². The Morgan fingerprint density at radius 1 is 1.28 bits per heavy atom. The van der Waals surface area contributed by atoms with Crippen LogP contribution in [-0.2, 0) is 0 Å². The molecule has 3 heteroatoms. The highest BCUT2D eigenvalue weighted by Gasteiger charge is 2.31. The van der Waals surface area contributed by atoms with Gasteiger partial charge in [-0.15, -0.1) is 0 Å². The number of rotatable bonds is 4. The first kappa shape index (κ1) is 13.3. The zero-order valence-corrected chi connectivity index (χ0v) is 11.4. The Morgan fingerprint density at radius 2 is 1.94 bits per heavy atom. The van der Waals surface area contributed by atoms with Crippen LogP contribution >= 0.6 is 0 Å². The van der Waals surface area contributed by atoms with Gasteiger partial charge in [-0.25, -0.2) is 4.39 Å². The average Bonchev–Trinajstić information content (AvgIpc) is 2.40. The lowest BCUT2D eigenvalue weighted by Gasteiger charge is -2.40. The maximum absolute atomic E-state index is 13.8. The van der Waals surface area contributed by atoms with Crippen molar-refractivity contribution < 1.29 is 4.39 Å². The minimum atomic E-state index is -0.125. The first-order chi connectivity index (χ1) is 8.67. The van der Waals surface area contributed by atoms with Crippen molar-refractivity contribution in [2.24, 2.45) is 5.41 Å². The Kier molecular flexibility index (Phi) is 4.23. The third-order valence-electron chi connectivity index (χ3n) is 4.25. The first-order valence-corrected chi connectivity index (χ1v) is 6.83. The predicted octanol–water partition coefficient (Wildman–Crippen LogP) is 3.04. The predicted molar refractivity (Wildman–Crippen MR) is 74.5 cm³/mol. The van der Waals surface area contributed by atoms with Crippen LogP contribution in [0.15, 0.2) is 24.3 Å². The molecule has 0 unspecified atom stereocenters. The summed E-state index contributed by atoms with van der Waals surface area (Å²) in [4.78, 5) is 2.07. The SMILES string of the molecule is CCC1(CN(C)c2ccccc2F)CCNCC1. The van der Waals surface area contributed by atoms with Gasteiger partial charge in [-0.3, -0.25) is 0 Å². The van der Waals surface area contributed by atoms with Crippen LogP contribution in [0.5, 0.6) is 0 Å². The van der Waals surface area contributed by atoms with E-state index in [2.05, 4.69) is 17.1 Å². The number of para-hydroxylation sites is 1. The molecule has 0 atom stereocenters. The number of benzene rings is 1. The third kappa shape index (κ3) is 2.83. The van der Waals surface area contributed by atoms with Gasteiger partial charge in [0, 0.05) is 13.6 Å². The van der Waals surface area contributed by atoms with Gasteiger partial charge in [-0.2, -0.15) is 0 Å². The lowest BCUT2D eigenvalue weighted by Crippen LogP contribution is -2.43. The van der Waals surface area contributed by atoms with Gasteiger partial charge in [0.2, 0.25) is 0 Å². The van der Waals surface area contributed by atoms with Crippen LogP contribution < -0.4 is 10.2 Å². The molecule has 100 valence electrons. The number of piperidine rings is 1. The zero-order chi connectivity index (χ0) is 13.0. The fourth-order valence-electron chi connectivity index (χ4n) is 2.93. The van der Waals surface area contributed by atoms with Gasteiger partial charge in [0.1, 0.15) is 5.82 Å². The first-order valence-electron chi connectivity index (χ1n) is 6.83. The molecule has 1 saturated heterocycles. The smallest absolute Gasteiger partial charge is 0.146 e. The van der Waals surface area contributed by atoms with E-state index in [0.717, 1.165) is 26.1 Å². The molecule has 0 saturated carbocycles. The summed E-state index contributed by atoms with van der Waals surface area (Å²) in [5.41, 5.74) is 1.05. The maximum atomic E-state index is 13.8. The largest absolute Gasteiger partial charge is 0.372 e. The molecule has 18 heavy (non-hydrogen) atoms. The van der Waals surface area contributed by atoms with Crippen LogP contribution in [0.2, 0.25) is 0 Å². The Balaban J connectivity index is 2.10. The number of nitrogens with one attached hydrogen (secondary N) is 1. The monoisotopic (exact) mass is 250 g/mol. The molecule has 1 heterocycles. The Labute approximate surface area is 109 Å². The molecule has 1 aromatic rings. The lowest BCUT2D eigenvalue weighted by atomic mass is 9.76. The summed E-state index contributed by atoms with van der Waals surface area (Å²) in [6, 6.07) is 7.04. The number of halogens is 1. The van der Waals surface area contributed by atoms with E-state index in [-0.39, 0.29) is 5.82 Å². The van der Waals surface area contributed by atoms with E-state index in [0.29, 0.717) is 11.1 Å². The number of anilines is 1. The lowest BCUT2D eigenvalue weighted by molar-refractivity contribution is 0.200. The van der Waals surface area contributed by atoms with Crippen molar-refractivity contribution in [3.63, 3.8) is 0 Å². The van der Waals surface area contributed by atoms with E-state index in [1.165, 1.54) is 18.9 Å². The summed E-state index contributed by atoms with van der Waals surface area (Å²) < 4.78 is 13.8. The molecule has 0 radical (unpaired) electrons. The highest BCUT2D eigenvalue weighted by Crippen LogP contribution is 2.34. The quantitative estimate of drug-likeness (QED) is 0.883. The summed E-state index contributed by atoms with van der Waals surface area (Å²) >= 11 is 0. The second kappa shape index (κ2) is 5.70. The van der Waals surface area contributed by atoms with Crippen molar-refractivity contribution in [1.82, 2.24) is 5.32 Å². The van der Waals surface area contributed by atoms with E-state index in [1.54, 1.807) is 6.07 Å². The average molecular weight is 250 g/mol. The molecule has 2 nitrogen and oxygen atoms in total. The topological polar surface area (TPSA) is 15.3 Å². The summed E-state index contributed by atoms with van der Waals surface area (Å²) in [6.07, 6.45) is 3.53. The summed E-state index contributed by atoms with van der Waals surface area (Å²) in [7, 11) is 2.00. The highest BCUT2D eigenvalue weighted by atomic mass is 19.1. The van der Waals surface area contributed by atoms with E-state index in [1.807, 2.05) is 19.2 Å². The van der Waals surface area contributed by atoms with Gasteiger partial charge in [0.05, 0.1) is 5.69 Å². The van der Waals surface area contributed by atoms with Gasteiger partial charge in [0.15, 0.2) is 0 Å². The van der Waals surface area contributed by atoms with E-state index in [9.17, 15) is 4.39 Å². The number of hydrogen-bond donors (Lipinski definition) is 1. The molecule has 0 spiro atoms. The van der Waals surface area contributed by atoms with Crippen LogP contribution in [0.25, 0.3) is 0 Å². The van der Waals surface area contributed by atoms with Gasteiger partial charge < -0.3 is 10.2 Å². The molecule has 1 aliphatic heterocycles. The summed E-state index contributed by atoms with van der Waals surface area (Å²) in [5.74, 6) is -0.125. The minimum Gasteiger partial charge on any atom is -0.372 e. The standard InChI is InChI=1S/C15H23FN2/c1-3-15(8-10-17-11-9-15)12-18(2)14-7-5-4-6-13(14)16/h4-7,17H,3,8-12H2,1-2H3. The van der Waals surface area contributed by atoms with Gasteiger partial charge in [-0.1, -0.05) is 19.1 Å². The van der Waals surface area contributed by atoms with Gasteiger partial charge >= 0.3 is 0 Å². The van der Waals surface area contributed by atoms with Gasteiger partial charge in [0.25, 0.3) is 0 Å². The van der Waals surface area contributed by atoms with Gasteiger partial charge in [-0.05, 0) is 49.9 Å².